The van der Waals surface area contributed by atoms with Crippen LogP contribution in [0.15, 0.2) is 22.7 Å². The predicted molar refractivity (Wildman–Crippen MR) is 68.4 cm³/mol. The molecule has 0 unspecified atom stereocenters. The van der Waals surface area contributed by atoms with Crippen LogP contribution in [0.3, 0.4) is 0 Å². The quantitative estimate of drug-likeness (QED) is 0.854. The molecule has 2 nitrogen and oxygen atoms in total. The van der Waals surface area contributed by atoms with Crippen LogP contribution in [0, 0.1) is 5.82 Å². The molecule has 0 amide bonds. The van der Waals surface area contributed by atoms with E-state index in [1.807, 2.05) is 12.1 Å². The number of piperazine rings is 1. The first-order valence-electron chi connectivity index (χ1n) is 5.43. The van der Waals surface area contributed by atoms with Gasteiger partial charge in [0.1, 0.15) is 5.82 Å². The van der Waals surface area contributed by atoms with Crippen molar-refractivity contribution < 1.29 is 4.39 Å². The van der Waals surface area contributed by atoms with Crippen molar-refractivity contribution in [3.05, 3.63) is 28.5 Å². The van der Waals surface area contributed by atoms with Crippen LogP contribution < -0.4 is 10.2 Å². The first-order valence-corrected chi connectivity index (χ1v) is 6.22. The minimum absolute atomic E-state index is 0.0394. The largest absolute Gasteiger partial charge is 0.366 e. The Hall–Kier alpha value is -0.610. The van der Waals surface area contributed by atoms with Gasteiger partial charge >= 0.3 is 0 Å². The molecule has 0 radical (unpaired) electrons. The van der Waals surface area contributed by atoms with Gasteiger partial charge < -0.3 is 10.2 Å². The molecule has 4 heteroatoms. The summed E-state index contributed by atoms with van der Waals surface area (Å²) in [5, 5.41) is 3.42. The number of hydrogen-bond acceptors (Lipinski definition) is 2. The average molecular weight is 287 g/mol. The standard InChI is InChI=1S/C12H16BrFN2/c1-12(2)8-16(6-5-15-12)11-4-3-9(13)7-10(11)14/h3-4,7,15H,5-6,8H2,1-2H3. The van der Waals surface area contributed by atoms with Crippen molar-refractivity contribution in [1.29, 1.82) is 0 Å². The summed E-state index contributed by atoms with van der Waals surface area (Å²) in [4.78, 5) is 2.10. The Morgan fingerprint density at radius 2 is 2.19 bits per heavy atom. The molecule has 0 atom stereocenters. The summed E-state index contributed by atoms with van der Waals surface area (Å²) in [5.41, 5.74) is 0.732. The Bertz CT molecular complexity index is 393. The summed E-state index contributed by atoms with van der Waals surface area (Å²) < 4.78 is 14.6. The van der Waals surface area contributed by atoms with Gasteiger partial charge in [0, 0.05) is 29.6 Å². The number of anilines is 1. The van der Waals surface area contributed by atoms with Gasteiger partial charge in [0.25, 0.3) is 0 Å². The molecule has 16 heavy (non-hydrogen) atoms. The minimum Gasteiger partial charge on any atom is -0.366 e. The molecule has 1 aromatic rings. The molecule has 0 aromatic heterocycles. The fourth-order valence-corrected chi connectivity index (χ4v) is 2.42. The van der Waals surface area contributed by atoms with Crippen molar-refractivity contribution in [3.63, 3.8) is 0 Å². The molecule has 1 aliphatic rings. The number of nitrogens with one attached hydrogen (secondary N) is 1. The fraction of sp³-hybridized carbons (Fsp3) is 0.500. The van der Waals surface area contributed by atoms with E-state index in [9.17, 15) is 4.39 Å². The van der Waals surface area contributed by atoms with Crippen LogP contribution in [0.4, 0.5) is 10.1 Å². The minimum atomic E-state index is -0.160. The van der Waals surface area contributed by atoms with Gasteiger partial charge in [-0.05, 0) is 32.0 Å². The van der Waals surface area contributed by atoms with E-state index in [4.69, 9.17) is 0 Å². The lowest BCUT2D eigenvalue weighted by atomic mass is 10.0. The Morgan fingerprint density at radius 1 is 1.44 bits per heavy atom. The molecule has 2 rings (SSSR count). The summed E-state index contributed by atoms with van der Waals surface area (Å²) in [6.07, 6.45) is 0. The van der Waals surface area contributed by atoms with Crippen LogP contribution in [0.5, 0.6) is 0 Å². The van der Waals surface area contributed by atoms with Crippen molar-refractivity contribution in [2.24, 2.45) is 0 Å². The van der Waals surface area contributed by atoms with Crippen molar-refractivity contribution in [1.82, 2.24) is 5.32 Å². The summed E-state index contributed by atoms with van der Waals surface area (Å²) in [6, 6.07) is 5.23. The molecule has 1 N–H and O–H groups in total. The summed E-state index contributed by atoms with van der Waals surface area (Å²) in [6.45, 7) is 6.84. The smallest absolute Gasteiger partial charge is 0.147 e. The van der Waals surface area contributed by atoms with Crippen LogP contribution in [0.2, 0.25) is 0 Å². The van der Waals surface area contributed by atoms with Gasteiger partial charge in [-0.15, -0.1) is 0 Å². The van der Waals surface area contributed by atoms with Crippen LogP contribution >= 0.6 is 15.9 Å². The lowest BCUT2D eigenvalue weighted by Crippen LogP contribution is -2.57. The van der Waals surface area contributed by atoms with Gasteiger partial charge in [0.15, 0.2) is 0 Å². The molecule has 1 aromatic carbocycles. The van der Waals surface area contributed by atoms with Gasteiger partial charge in [0.2, 0.25) is 0 Å². The first-order chi connectivity index (χ1) is 7.48. The van der Waals surface area contributed by atoms with Crippen LogP contribution in [-0.2, 0) is 0 Å². The number of hydrogen-bond donors (Lipinski definition) is 1. The lowest BCUT2D eigenvalue weighted by Gasteiger charge is -2.40. The van der Waals surface area contributed by atoms with Gasteiger partial charge in [0.05, 0.1) is 5.69 Å². The molecule has 0 spiro atoms. The highest BCUT2D eigenvalue weighted by atomic mass is 79.9. The number of rotatable bonds is 1. The van der Waals surface area contributed by atoms with Crippen LogP contribution in [0.25, 0.3) is 0 Å². The van der Waals surface area contributed by atoms with Crippen LogP contribution in [0.1, 0.15) is 13.8 Å². The zero-order valence-corrected chi connectivity index (χ0v) is 11.1. The number of benzene rings is 1. The second-order valence-corrected chi connectivity index (χ2v) is 5.74. The second kappa shape index (κ2) is 4.34. The van der Waals surface area contributed by atoms with E-state index in [2.05, 4.69) is 40.0 Å². The van der Waals surface area contributed by atoms with Gasteiger partial charge in [-0.1, -0.05) is 15.9 Å². The van der Waals surface area contributed by atoms with Crippen molar-refractivity contribution in [2.75, 3.05) is 24.5 Å². The number of nitrogens with zero attached hydrogens (tertiary/aromatic N) is 1. The summed E-state index contributed by atoms with van der Waals surface area (Å²) >= 11 is 3.27. The third kappa shape index (κ3) is 2.55. The van der Waals surface area contributed by atoms with Gasteiger partial charge in [-0.2, -0.15) is 0 Å². The molecule has 1 fully saturated rings. The molecule has 0 aliphatic carbocycles. The summed E-state index contributed by atoms with van der Waals surface area (Å²) in [5.74, 6) is -0.160. The van der Waals surface area contributed by atoms with Crippen LogP contribution in [-0.4, -0.2) is 25.2 Å². The van der Waals surface area contributed by atoms with Gasteiger partial charge in [-0.3, -0.25) is 0 Å². The maximum atomic E-state index is 13.8. The van der Waals surface area contributed by atoms with E-state index in [1.54, 1.807) is 0 Å². The molecule has 88 valence electrons. The number of halogens is 2. The first kappa shape index (κ1) is 11.9. The van der Waals surface area contributed by atoms with E-state index < -0.39 is 0 Å². The molecule has 1 saturated heterocycles. The highest BCUT2D eigenvalue weighted by Crippen LogP contribution is 2.25. The third-order valence-corrected chi connectivity index (χ3v) is 3.32. The highest BCUT2D eigenvalue weighted by Gasteiger charge is 2.26. The molecule has 0 bridgehead atoms. The Morgan fingerprint density at radius 3 is 2.81 bits per heavy atom. The molecule has 1 heterocycles. The normalized spacial score (nSPS) is 19.9. The van der Waals surface area contributed by atoms with E-state index in [-0.39, 0.29) is 11.4 Å². The van der Waals surface area contributed by atoms with E-state index in [0.29, 0.717) is 5.69 Å². The maximum Gasteiger partial charge on any atom is 0.147 e. The van der Waals surface area contributed by atoms with Crippen molar-refractivity contribution in [3.8, 4) is 0 Å². The maximum absolute atomic E-state index is 13.8. The third-order valence-electron chi connectivity index (χ3n) is 2.82. The van der Waals surface area contributed by atoms with E-state index in [1.165, 1.54) is 6.07 Å². The zero-order chi connectivity index (χ0) is 11.8. The fourth-order valence-electron chi connectivity index (χ4n) is 2.08. The van der Waals surface area contributed by atoms with E-state index >= 15 is 0 Å². The lowest BCUT2D eigenvalue weighted by molar-refractivity contribution is 0.351. The average Bonchev–Trinajstić information content (AvgIpc) is 2.15. The molecule has 1 aliphatic heterocycles. The summed E-state index contributed by atoms with van der Waals surface area (Å²) in [7, 11) is 0. The molecule has 0 saturated carbocycles. The van der Waals surface area contributed by atoms with Crippen molar-refractivity contribution in [2.45, 2.75) is 19.4 Å². The monoisotopic (exact) mass is 286 g/mol. The Kier molecular flexibility index (Phi) is 3.22. The second-order valence-electron chi connectivity index (χ2n) is 4.83. The Labute approximate surface area is 104 Å². The van der Waals surface area contributed by atoms with E-state index in [0.717, 1.165) is 24.1 Å². The SMILES string of the molecule is CC1(C)CN(c2ccc(Br)cc2F)CCN1. The van der Waals surface area contributed by atoms with Crippen molar-refractivity contribution >= 4 is 21.6 Å². The van der Waals surface area contributed by atoms with Gasteiger partial charge in [-0.25, -0.2) is 4.39 Å². The highest BCUT2D eigenvalue weighted by molar-refractivity contribution is 9.10. The predicted octanol–water partition coefficient (Wildman–Crippen LogP) is 2.78. The molecular formula is C12H16BrFN2. The molecular weight excluding hydrogens is 271 g/mol. The zero-order valence-electron chi connectivity index (χ0n) is 9.56. The topological polar surface area (TPSA) is 15.3 Å². The Balaban J connectivity index is 2.23.